The van der Waals surface area contributed by atoms with Gasteiger partial charge in [0.1, 0.15) is 5.82 Å². The summed E-state index contributed by atoms with van der Waals surface area (Å²) in [5.74, 6) is -1.90. The molecule has 1 aliphatic heterocycles. The molecule has 0 aliphatic carbocycles. The van der Waals surface area contributed by atoms with Crippen LogP contribution in [0.1, 0.15) is 53.2 Å². The van der Waals surface area contributed by atoms with Crippen molar-refractivity contribution in [1.29, 1.82) is 0 Å². The van der Waals surface area contributed by atoms with E-state index in [-0.39, 0.29) is 59.9 Å². The first-order valence-electron chi connectivity index (χ1n) is 11.6. The van der Waals surface area contributed by atoms with Gasteiger partial charge in [0, 0.05) is 38.1 Å². The van der Waals surface area contributed by atoms with Crippen LogP contribution in [-0.2, 0) is 13.2 Å². The number of hydrogen-bond donors (Lipinski definition) is 1. The van der Waals surface area contributed by atoms with Gasteiger partial charge in [0.2, 0.25) is 5.95 Å². The van der Waals surface area contributed by atoms with E-state index in [0.29, 0.717) is 0 Å². The SMILES string of the molecule is Cc1nc2nc(C(F)(F)F)c([C@H](C)Nc3ncc(C(=O)N4CCC(C(F)(F)F)CC4)cn3)cc2c(=O)n1C. The Hall–Kier alpha value is -3.78. The van der Waals surface area contributed by atoms with Crippen molar-refractivity contribution >= 4 is 22.9 Å². The summed E-state index contributed by atoms with van der Waals surface area (Å²) >= 11 is 0. The van der Waals surface area contributed by atoms with Crippen LogP contribution in [0, 0.1) is 12.8 Å². The quantitative estimate of drug-likeness (QED) is 0.496. The fourth-order valence-corrected chi connectivity index (χ4v) is 4.25. The van der Waals surface area contributed by atoms with Crippen LogP contribution in [0.4, 0.5) is 32.3 Å². The summed E-state index contributed by atoms with van der Waals surface area (Å²) in [4.78, 5) is 42.1. The van der Waals surface area contributed by atoms with E-state index in [1.807, 2.05) is 0 Å². The molecule has 0 radical (unpaired) electrons. The Morgan fingerprint density at radius 2 is 1.68 bits per heavy atom. The maximum absolute atomic E-state index is 13.8. The first-order chi connectivity index (χ1) is 17.7. The number of aromatic nitrogens is 5. The molecule has 4 heterocycles. The number of likely N-dealkylation sites (tertiary alicyclic amines) is 1. The number of amides is 1. The number of aryl methyl sites for hydroxylation is 1. The molecule has 1 atom stereocenters. The van der Waals surface area contributed by atoms with Crippen LogP contribution in [0.5, 0.6) is 0 Å². The molecule has 15 heteroatoms. The van der Waals surface area contributed by atoms with Crippen molar-refractivity contribution < 1.29 is 31.1 Å². The standard InChI is InChI=1S/C23H23F6N7O2/c1-11(15-8-16-18(34-17(15)23(27,28)29)33-12(2)35(3)20(16)38)32-21-30-9-13(10-31-21)19(37)36-6-4-14(5-7-36)22(24,25)26/h8-11,14H,4-7H2,1-3H3,(H,30,31,32)/t11-/m0/s1. The lowest BCUT2D eigenvalue weighted by Crippen LogP contribution is -2.42. The van der Waals surface area contributed by atoms with E-state index < -0.39 is 41.5 Å². The Balaban J connectivity index is 1.54. The highest BCUT2D eigenvalue weighted by atomic mass is 19.4. The normalized spacial score (nSPS) is 16.1. The number of halogens is 6. The third-order valence-electron chi connectivity index (χ3n) is 6.54. The van der Waals surface area contributed by atoms with E-state index in [0.717, 1.165) is 18.5 Å². The largest absolute Gasteiger partial charge is 0.433 e. The first-order valence-corrected chi connectivity index (χ1v) is 11.6. The van der Waals surface area contributed by atoms with Crippen molar-refractivity contribution in [2.45, 2.75) is 45.1 Å². The average Bonchev–Trinajstić information content (AvgIpc) is 2.86. The minimum atomic E-state index is -4.84. The maximum atomic E-state index is 13.8. The number of pyridine rings is 1. The van der Waals surface area contributed by atoms with Gasteiger partial charge in [0.15, 0.2) is 11.3 Å². The Labute approximate surface area is 211 Å². The maximum Gasteiger partial charge on any atom is 0.433 e. The van der Waals surface area contributed by atoms with Gasteiger partial charge in [-0.1, -0.05) is 0 Å². The molecule has 0 saturated carbocycles. The molecule has 0 spiro atoms. The number of alkyl halides is 6. The summed E-state index contributed by atoms with van der Waals surface area (Å²) in [6.07, 6.45) is -7.26. The molecule has 3 aromatic rings. The number of anilines is 1. The summed E-state index contributed by atoms with van der Waals surface area (Å²) < 4.78 is 81.3. The summed E-state index contributed by atoms with van der Waals surface area (Å²) in [7, 11) is 1.44. The molecule has 3 aromatic heterocycles. The third kappa shape index (κ3) is 5.41. The first kappa shape index (κ1) is 27.3. The third-order valence-corrected chi connectivity index (χ3v) is 6.54. The summed E-state index contributed by atoms with van der Waals surface area (Å²) in [6, 6.07) is 0.0255. The Morgan fingerprint density at radius 1 is 1.08 bits per heavy atom. The number of nitrogens with one attached hydrogen (secondary N) is 1. The summed E-state index contributed by atoms with van der Waals surface area (Å²) in [6.45, 7) is 2.74. The van der Waals surface area contributed by atoms with Gasteiger partial charge in [-0.05, 0) is 32.8 Å². The minimum absolute atomic E-state index is 0.0296. The molecular formula is C23H23F6N7O2. The van der Waals surface area contributed by atoms with E-state index in [4.69, 9.17) is 0 Å². The van der Waals surface area contributed by atoms with Gasteiger partial charge in [-0.15, -0.1) is 0 Å². The predicted octanol–water partition coefficient (Wildman–Crippen LogP) is 4.03. The number of piperidine rings is 1. The van der Waals surface area contributed by atoms with Crippen LogP contribution >= 0.6 is 0 Å². The van der Waals surface area contributed by atoms with E-state index in [2.05, 4.69) is 25.3 Å². The molecule has 9 nitrogen and oxygen atoms in total. The van der Waals surface area contributed by atoms with Gasteiger partial charge in [-0.2, -0.15) is 26.3 Å². The van der Waals surface area contributed by atoms with Crippen LogP contribution in [-0.4, -0.2) is 54.6 Å². The molecule has 0 unspecified atom stereocenters. The topological polar surface area (TPSA) is 106 Å². The summed E-state index contributed by atoms with van der Waals surface area (Å²) in [5, 5.41) is 2.62. The Bertz CT molecular complexity index is 1410. The minimum Gasteiger partial charge on any atom is -0.348 e. The van der Waals surface area contributed by atoms with Crippen molar-refractivity contribution in [1.82, 2.24) is 29.4 Å². The van der Waals surface area contributed by atoms with Crippen LogP contribution in [0.15, 0.2) is 23.3 Å². The predicted molar refractivity (Wildman–Crippen MR) is 123 cm³/mol. The number of hydrogen-bond acceptors (Lipinski definition) is 7. The van der Waals surface area contributed by atoms with E-state index >= 15 is 0 Å². The molecule has 1 N–H and O–H groups in total. The molecule has 4 rings (SSSR count). The lowest BCUT2D eigenvalue weighted by atomic mass is 9.96. The second-order valence-electron chi connectivity index (χ2n) is 9.09. The zero-order valence-corrected chi connectivity index (χ0v) is 20.5. The van der Waals surface area contributed by atoms with Crippen LogP contribution < -0.4 is 10.9 Å². The molecule has 1 aliphatic rings. The van der Waals surface area contributed by atoms with Gasteiger partial charge < -0.3 is 10.2 Å². The molecule has 38 heavy (non-hydrogen) atoms. The van der Waals surface area contributed by atoms with Crippen molar-refractivity contribution in [3.8, 4) is 0 Å². The van der Waals surface area contributed by atoms with E-state index in [9.17, 15) is 35.9 Å². The summed E-state index contributed by atoms with van der Waals surface area (Å²) in [5.41, 5.74) is -2.40. The number of rotatable bonds is 4. The number of carbonyl (C=O) groups excluding carboxylic acids is 1. The van der Waals surface area contributed by atoms with Gasteiger partial charge >= 0.3 is 12.4 Å². The fourth-order valence-electron chi connectivity index (χ4n) is 4.25. The molecule has 204 valence electrons. The highest BCUT2D eigenvalue weighted by Gasteiger charge is 2.42. The smallest absolute Gasteiger partial charge is 0.348 e. The Morgan fingerprint density at radius 3 is 2.24 bits per heavy atom. The second-order valence-corrected chi connectivity index (χ2v) is 9.09. The monoisotopic (exact) mass is 543 g/mol. The van der Waals surface area contributed by atoms with Gasteiger partial charge in [0.05, 0.1) is 22.9 Å². The lowest BCUT2D eigenvalue weighted by Gasteiger charge is -2.32. The number of nitrogens with zero attached hydrogens (tertiary/aromatic N) is 6. The van der Waals surface area contributed by atoms with Crippen LogP contribution in [0.2, 0.25) is 0 Å². The average molecular weight is 543 g/mol. The molecule has 1 fully saturated rings. The van der Waals surface area contributed by atoms with Crippen molar-refractivity contribution in [3.63, 3.8) is 0 Å². The van der Waals surface area contributed by atoms with E-state index in [1.165, 1.54) is 30.4 Å². The molecule has 1 saturated heterocycles. The Kier molecular flexibility index (Phi) is 7.05. The molecule has 1 amide bonds. The molecule has 0 bridgehead atoms. The number of fused-ring (bicyclic) bond motifs is 1. The van der Waals surface area contributed by atoms with Gasteiger partial charge in [-0.25, -0.2) is 19.9 Å². The van der Waals surface area contributed by atoms with Crippen molar-refractivity contribution in [3.05, 3.63) is 51.5 Å². The lowest BCUT2D eigenvalue weighted by molar-refractivity contribution is -0.183. The van der Waals surface area contributed by atoms with Gasteiger partial charge in [-0.3, -0.25) is 14.2 Å². The van der Waals surface area contributed by atoms with E-state index in [1.54, 1.807) is 0 Å². The second kappa shape index (κ2) is 9.83. The van der Waals surface area contributed by atoms with Crippen molar-refractivity contribution in [2.24, 2.45) is 13.0 Å². The highest BCUT2D eigenvalue weighted by Crippen LogP contribution is 2.36. The zero-order chi connectivity index (χ0) is 28.0. The van der Waals surface area contributed by atoms with Crippen LogP contribution in [0.25, 0.3) is 11.0 Å². The fraction of sp³-hybridized carbons (Fsp3) is 0.478. The number of carbonyl (C=O) groups is 1. The molecule has 0 aromatic carbocycles. The van der Waals surface area contributed by atoms with Gasteiger partial charge in [0.25, 0.3) is 11.5 Å². The molecular weight excluding hydrogens is 520 g/mol. The zero-order valence-electron chi connectivity index (χ0n) is 20.5. The van der Waals surface area contributed by atoms with Crippen molar-refractivity contribution in [2.75, 3.05) is 18.4 Å². The van der Waals surface area contributed by atoms with Crippen LogP contribution in [0.3, 0.4) is 0 Å². The highest BCUT2D eigenvalue weighted by molar-refractivity contribution is 5.93.